The number of nitrogens with zero attached hydrogens (tertiary/aromatic N) is 2. The molecular formula is C13H19N3O. The normalized spacial score (nSPS) is 12.2. The van der Waals surface area contributed by atoms with Gasteiger partial charge in [0.1, 0.15) is 5.69 Å². The van der Waals surface area contributed by atoms with Gasteiger partial charge in [-0.15, -0.1) is 0 Å². The van der Waals surface area contributed by atoms with Crippen LogP contribution in [0.5, 0.6) is 0 Å². The summed E-state index contributed by atoms with van der Waals surface area (Å²) in [6, 6.07) is 5.93. The minimum Gasteiger partial charge on any atom is -0.347 e. The first-order valence-corrected chi connectivity index (χ1v) is 5.94. The largest absolute Gasteiger partial charge is 0.347 e. The van der Waals surface area contributed by atoms with Crippen LogP contribution < -0.4 is 5.32 Å². The zero-order valence-corrected chi connectivity index (χ0v) is 10.6. The molecule has 0 aliphatic rings. The third kappa shape index (κ3) is 3.35. The average molecular weight is 233 g/mol. The van der Waals surface area contributed by atoms with E-state index >= 15 is 0 Å². The number of nitriles is 1. The molecule has 1 rings (SSSR count). The summed E-state index contributed by atoms with van der Waals surface area (Å²) >= 11 is 0. The molecule has 0 saturated carbocycles. The smallest absolute Gasteiger partial charge is 0.268 e. The number of hydrogen-bond donors (Lipinski definition) is 1. The molecular weight excluding hydrogens is 214 g/mol. The Kier molecular flexibility index (Phi) is 4.77. The summed E-state index contributed by atoms with van der Waals surface area (Å²) in [5.41, 5.74) is 0.649. The molecule has 0 aliphatic heterocycles. The van der Waals surface area contributed by atoms with Crippen molar-refractivity contribution in [3.8, 4) is 6.07 Å². The van der Waals surface area contributed by atoms with Gasteiger partial charge in [0.15, 0.2) is 0 Å². The number of nitrogens with one attached hydrogen (secondary N) is 1. The number of carbonyl (C=O) groups is 1. The maximum atomic E-state index is 12.0. The lowest BCUT2D eigenvalue weighted by molar-refractivity contribution is 0.0925. The average Bonchev–Trinajstić information content (AvgIpc) is 2.77. The van der Waals surface area contributed by atoms with Crippen molar-refractivity contribution in [3.63, 3.8) is 0 Å². The molecule has 0 bridgehead atoms. The molecule has 0 unspecified atom stereocenters. The van der Waals surface area contributed by atoms with Gasteiger partial charge in [0, 0.05) is 18.3 Å². The van der Waals surface area contributed by atoms with Crippen LogP contribution in [-0.4, -0.2) is 16.5 Å². The molecule has 1 amide bonds. The fraction of sp³-hybridized carbons (Fsp3) is 0.538. The Balaban J connectivity index is 2.76. The predicted molar refractivity (Wildman–Crippen MR) is 66.6 cm³/mol. The standard InChI is InChI=1S/C13H19N3O/c1-4-11(7-8-14)15-13(17)12-6-5-9-16(12)10(2)3/h5-6,9-11H,4,7H2,1-3H3,(H,15,17)/t11-/m0/s1. The van der Waals surface area contributed by atoms with Crippen LogP contribution in [0.3, 0.4) is 0 Å². The lowest BCUT2D eigenvalue weighted by atomic mass is 10.1. The van der Waals surface area contributed by atoms with Gasteiger partial charge in [0.2, 0.25) is 0 Å². The van der Waals surface area contributed by atoms with Crippen molar-refractivity contribution in [1.82, 2.24) is 9.88 Å². The molecule has 4 nitrogen and oxygen atoms in total. The van der Waals surface area contributed by atoms with E-state index in [-0.39, 0.29) is 18.0 Å². The SMILES string of the molecule is CC[C@@H](CC#N)NC(=O)c1cccn1C(C)C. The second-order valence-corrected chi connectivity index (χ2v) is 4.34. The third-order valence-corrected chi connectivity index (χ3v) is 2.73. The van der Waals surface area contributed by atoms with E-state index in [4.69, 9.17) is 5.26 Å². The van der Waals surface area contributed by atoms with Crippen molar-refractivity contribution < 1.29 is 4.79 Å². The van der Waals surface area contributed by atoms with Crippen LogP contribution in [0.1, 0.15) is 50.1 Å². The first-order valence-electron chi connectivity index (χ1n) is 5.94. The van der Waals surface area contributed by atoms with Crippen molar-refractivity contribution in [2.24, 2.45) is 0 Å². The highest BCUT2D eigenvalue weighted by Crippen LogP contribution is 2.11. The van der Waals surface area contributed by atoms with E-state index in [9.17, 15) is 4.79 Å². The summed E-state index contributed by atoms with van der Waals surface area (Å²) in [5.74, 6) is -0.106. The molecule has 1 aromatic heterocycles. The van der Waals surface area contributed by atoms with E-state index in [1.807, 2.05) is 37.6 Å². The number of hydrogen-bond acceptors (Lipinski definition) is 2. The summed E-state index contributed by atoms with van der Waals surface area (Å²) in [7, 11) is 0. The van der Waals surface area contributed by atoms with E-state index in [0.29, 0.717) is 12.1 Å². The van der Waals surface area contributed by atoms with Crippen molar-refractivity contribution in [2.45, 2.75) is 45.7 Å². The lowest BCUT2D eigenvalue weighted by Gasteiger charge is -2.16. The molecule has 0 aliphatic carbocycles. The Morgan fingerprint density at radius 3 is 2.82 bits per heavy atom. The van der Waals surface area contributed by atoms with Crippen molar-refractivity contribution >= 4 is 5.91 Å². The Morgan fingerprint density at radius 2 is 2.29 bits per heavy atom. The van der Waals surface area contributed by atoms with Crippen LogP contribution >= 0.6 is 0 Å². The molecule has 0 fully saturated rings. The molecule has 92 valence electrons. The zero-order valence-electron chi connectivity index (χ0n) is 10.6. The zero-order chi connectivity index (χ0) is 12.8. The van der Waals surface area contributed by atoms with Gasteiger partial charge in [-0.2, -0.15) is 5.26 Å². The maximum absolute atomic E-state index is 12.0. The molecule has 0 saturated heterocycles. The monoisotopic (exact) mass is 233 g/mol. The Bertz CT molecular complexity index is 415. The first kappa shape index (κ1) is 13.3. The predicted octanol–water partition coefficient (Wildman–Crippen LogP) is 2.49. The molecule has 4 heteroatoms. The van der Waals surface area contributed by atoms with Crippen LogP contribution in [-0.2, 0) is 0 Å². The molecule has 0 radical (unpaired) electrons. The molecule has 0 aromatic carbocycles. The fourth-order valence-electron chi connectivity index (χ4n) is 1.70. The fourth-order valence-corrected chi connectivity index (χ4v) is 1.70. The maximum Gasteiger partial charge on any atom is 0.268 e. The highest BCUT2D eigenvalue weighted by Gasteiger charge is 2.15. The summed E-state index contributed by atoms with van der Waals surface area (Å²) in [5, 5.41) is 11.5. The molecule has 1 atom stereocenters. The Morgan fingerprint density at radius 1 is 1.59 bits per heavy atom. The van der Waals surface area contributed by atoms with Gasteiger partial charge in [-0.05, 0) is 32.4 Å². The van der Waals surface area contributed by atoms with E-state index < -0.39 is 0 Å². The highest BCUT2D eigenvalue weighted by atomic mass is 16.2. The Labute approximate surface area is 102 Å². The van der Waals surface area contributed by atoms with Gasteiger partial charge in [0.05, 0.1) is 12.5 Å². The van der Waals surface area contributed by atoms with Crippen LogP contribution in [0.25, 0.3) is 0 Å². The second-order valence-electron chi connectivity index (χ2n) is 4.34. The van der Waals surface area contributed by atoms with Crippen LogP contribution in [0.15, 0.2) is 18.3 Å². The first-order chi connectivity index (χ1) is 8.10. The van der Waals surface area contributed by atoms with Gasteiger partial charge >= 0.3 is 0 Å². The van der Waals surface area contributed by atoms with Gasteiger partial charge in [-0.25, -0.2) is 0 Å². The van der Waals surface area contributed by atoms with Crippen molar-refractivity contribution in [3.05, 3.63) is 24.0 Å². The number of rotatable bonds is 5. The number of aromatic nitrogens is 1. The van der Waals surface area contributed by atoms with E-state index in [2.05, 4.69) is 11.4 Å². The molecule has 1 aromatic rings. The van der Waals surface area contributed by atoms with Gasteiger partial charge < -0.3 is 9.88 Å². The quantitative estimate of drug-likeness (QED) is 0.849. The summed E-state index contributed by atoms with van der Waals surface area (Å²) in [6.45, 7) is 6.02. The van der Waals surface area contributed by atoms with Crippen LogP contribution in [0.2, 0.25) is 0 Å². The van der Waals surface area contributed by atoms with Crippen molar-refractivity contribution in [1.29, 1.82) is 5.26 Å². The van der Waals surface area contributed by atoms with Crippen LogP contribution in [0, 0.1) is 11.3 Å². The lowest BCUT2D eigenvalue weighted by Crippen LogP contribution is -2.35. The van der Waals surface area contributed by atoms with Gasteiger partial charge in [-0.1, -0.05) is 6.92 Å². The minimum absolute atomic E-state index is 0.0667. The minimum atomic E-state index is -0.106. The van der Waals surface area contributed by atoms with E-state index in [1.165, 1.54) is 0 Å². The third-order valence-electron chi connectivity index (χ3n) is 2.73. The summed E-state index contributed by atoms with van der Waals surface area (Å²) in [6.07, 6.45) is 3.01. The second kappa shape index (κ2) is 6.09. The summed E-state index contributed by atoms with van der Waals surface area (Å²) < 4.78 is 1.93. The van der Waals surface area contributed by atoms with E-state index in [1.54, 1.807) is 6.07 Å². The Hall–Kier alpha value is -1.76. The highest BCUT2D eigenvalue weighted by molar-refractivity contribution is 5.93. The summed E-state index contributed by atoms with van der Waals surface area (Å²) in [4.78, 5) is 12.0. The topological polar surface area (TPSA) is 57.8 Å². The molecule has 1 heterocycles. The number of carbonyl (C=O) groups excluding carboxylic acids is 1. The number of amides is 1. The molecule has 1 N–H and O–H groups in total. The van der Waals surface area contributed by atoms with Gasteiger partial charge in [-0.3, -0.25) is 4.79 Å². The van der Waals surface area contributed by atoms with Crippen LogP contribution in [0.4, 0.5) is 0 Å². The van der Waals surface area contributed by atoms with Gasteiger partial charge in [0.25, 0.3) is 5.91 Å². The molecule has 17 heavy (non-hydrogen) atoms. The van der Waals surface area contributed by atoms with E-state index in [0.717, 1.165) is 6.42 Å². The molecule has 0 spiro atoms. The van der Waals surface area contributed by atoms with Crippen molar-refractivity contribution in [2.75, 3.05) is 0 Å².